The highest BCUT2D eigenvalue weighted by atomic mass is 32.2. The molecular formula is C52H61N3O6S. The first kappa shape index (κ1) is 43.9. The number of ether oxygens (including phenoxy) is 2. The van der Waals surface area contributed by atoms with E-state index in [1.54, 1.807) is 24.3 Å². The van der Waals surface area contributed by atoms with Gasteiger partial charge in [0.05, 0.1) is 23.7 Å². The molecule has 3 fully saturated rings. The van der Waals surface area contributed by atoms with Gasteiger partial charge in [0.1, 0.15) is 6.04 Å². The molecule has 0 spiro atoms. The van der Waals surface area contributed by atoms with Gasteiger partial charge < -0.3 is 19.9 Å². The molecule has 7 unspecified atom stereocenters. The Labute approximate surface area is 367 Å². The molecule has 62 heavy (non-hydrogen) atoms. The van der Waals surface area contributed by atoms with Crippen molar-refractivity contribution in [3.8, 4) is 11.1 Å². The summed E-state index contributed by atoms with van der Waals surface area (Å²) in [6.45, 7) is 13.5. The third kappa shape index (κ3) is 10.1. The van der Waals surface area contributed by atoms with Gasteiger partial charge in [-0.25, -0.2) is 8.42 Å². The van der Waals surface area contributed by atoms with E-state index in [1.165, 1.54) is 19.3 Å². The number of likely N-dealkylation sites (tertiary alicyclic amines) is 1. The molecule has 2 aliphatic heterocycles. The summed E-state index contributed by atoms with van der Waals surface area (Å²) in [7, 11) is -3.98. The summed E-state index contributed by atoms with van der Waals surface area (Å²) in [6.07, 6.45) is 3.03. The van der Waals surface area contributed by atoms with Crippen LogP contribution in [0.15, 0.2) is 132 Å². The number of benzene rings is 5. The molecule has 3 N–H and O–H groups in total. The maximum atomic E-state index is 13.9. The lowest BCUT2D eigenvalue weighted by Gasteiger charge is -2.43. The Balaban J connectivity index is 0.998. The number of nitrogens with one attached hydrogen (secondary N) is 2. The molecular weight excluding hydrogens is 795 g/mol. The van der Waals surface area contributed by atoms with Crippen LogP contribution < -0.4 is 10.0 Å². The van der Waals surface area contributed by atoms with E-state index in [1.807, 2.05) is 73.7 Å². The monoisotopic (exact) mass is 855 g/mol. The van der Waals surface area contributed by atoms with Crippen molar-refractivity contribution in [1.82, 2.24) is 14.9 Å². The number of aryl methyl sites for hydroxylation is 1. The number of aliphatic hydroxyl groups is 1. The van der Waals surface area contributed by atoms with Crippen molar-refractivity contribution in [3.05, 3.63) is 161 Å². The summed E-state index contributed by atoms with van der Waals surface area (Å²) in [4.78, 5) is 16.7. The lowest BCUT2D eigenvalue weighted by molar-refractivity contribution is -0.276. The molecule has 9 nitrogen and oxygen atoms in total. The van der Waals surface area contributed by atoms with E-state index >= 15 is 0 Å². The van der Waals surface area contributed by atoms with Crippen LogP contribution in [0.1, 0.15) is 92.7 Å². The van der Waals surface area contributed by atoms with Gasteiger partial charge in [0.2, 0.25) is 15.9 Å². The van der Waals surface area contributed by atoms with Crippen LogP contribution in [-0.4, -0.2) is 55.6 Å². The summed E-state index contributed by atoms with van der Waals surface area (Å²) in [6, 6.07) is 39.8. The normalized spacial score (nSPS) is 25.3. The third-order valence-electron chi connectivity index (χ3n) is 13.3. The number of nitrogens with zero attached hydrogens (tertiary/aromatic N) is 1. The third-order valence-corrected chi connectivity index (χ3v) is 14.7. The zero-order chi connectivity index (χ0) is 43.6. The first-order valence-electron chi connectivity index (χ1n) is 22.0. The molecule has 326 valence electrons. The minimum atomic E-state index is -3.98. The van der Waals surface area contributed by atoms with E-state index in [0.717, 1.165) is 57.6 Å². The van der Waals surface area contributed by atoms with E-state index in [2.05, 4.69) is 79.0 Å². The van der Waals surface area contributed by atoms with Crippen LogP contribution in [-0.2, 0) is 43.9 Å². The molecule has 5 aromatic carbocycles. The molecule has 3 aliphatic rings. The Morgan fingerprint density at radius 2 is 1.50 bits per heavy atom. The van der Waals surface area contributed by atoms with Crippen molar-refractivity contribution in [2.24, 2.45) is 16.7 Å². The van der Waals surface area contributed by atoms with E-state index < -0.39 is 28.3 Å². The lowest BCUT2D eigenvalue weighted by Crippen LogP contribution is -2.47. The van der Waals surface area contributed by atoms with Gasteiger partial charge in [0, 0.05) is 37.2 Å². The average Bonchev–Trinajstić information content (AvgIpc) is 3.50. The van der Waals surface area contributed by atoms with Gasteiger partial charge in [0.15, 0.2) is 6.29 Å². The smallest absolute Gasteiger partial charge is 0.241 e. The van der Waals surface area contributed by atoms with Crippen molar-refractivity contribution >= 4 is 15.9 Å². The van der Waals surface area contributed by atoms with Crippen molar-refractivity contribution < 1.29 is 27.8 Å². The zero-order valence-electron chi connectivity index (χ0n) is 36.6. The standard InChI is InChI=1S/C52H61N3O6S/c1-35-15-25-44(26-16-35)62(58,59)54-46(27-37-11-7-6-8-12-37)49(57)53-30-42-13-9-10-14-45(42)39-21-23-41(24-22-39)50-60-47(31-55-34-52(5)29-43(55)28-51(3,4)33-52)36(2)48(61-50)40-19-17-38(32-56)18-20-40/h6-26,36,43,46-48,50,54,56H,27-34H2,1-5H3,(H,53,57). The molecule has 0 radical (unpaired) electrons. The highest BCUT2D eigenvalue weighted by Crippen LogP contribution is 2.53. The van der Waals surface area contributed by atoms with E-state index in [4.69, 9.17) is 9.47 Å². The lowest BCUT2D eigenvalue weighted by atomic mass is 9.65. The summed E-state index contributed by atoms with van der Waals surface area (Å²) in [5, 5.41) is 12.8. The van der Waals surface area contributed by atoms with Crippen molar-refractivity contribution in [1.29, 1.82) is 0 Å². The maximum absolute atomic E-state index is 13.9. The Morgan fingerprint density at radius 1 is 0.823 bits per heavy atom. The minimum absolute atomic E-state index is 0.00608. The van der Waals surface area contributed by atoms with Gasteiger partial charge in [-0.05, 0) is 89.0 Å². The Hall–Kier alpha value is -4.68. The quantitative estimate of drug-likeness (QED) is 0.102. The average molecular weight is 856 g/mol. The summed E-state index contributed by atoms with van der Waals surface area (Å²) in [5.74, 6) is -0.320. The second-order valence-corrected chi connectivity index (χ2v) is 20.9. The number of fused-ring (bicyclic) bond motifs is 2. The van der Waals surface area contributed by atoms with Gasteiger partial charge in [-0.15, -0.1) is 0 Å². The molecule has 1 amide bonds. The van der Waals surface area contributed by atoms with Crippen molar-refractivity contribution in [3.63, 3.8) is 0 Å². The van der Waals surface area contributed by atoms with Crippen LogP contribution >= 0.6 is 0 Å². The molecule has 8 rings (SSSR count). The van der Waals surface area contributed by atoms with Crippen LogP contribution in [0.5, 0.6) is 0 Å². The number of rotatable bonds is 14. The fourth-order valence-corrected chi connectivity index (χ4v) is 11.6. The predicted octanol–water partition coefficient (Wildman–Crippen LogP) is 9.05. The fourth-order valence-electron chi connectivity index (χ4n) is 10.4. The first-order valence-corrected chi connectivity index (χ1v) is 23.5. The van der Waals surface area contributed by atoms with Gasteiger partial charge in [-0.3, -0.25) is 9.69 Å². The Bertz CT molecular complexity index is 2420. The largest absolute Gasteiger partial charge is 0.392 e. The van der Waals surface area contributed by atoms with Crippen LogP contribution in [0.4, 0.5) is 0 Å². The summed E-state index contributed by atoms with van der Waals surface area (Å²) < 4.78 is 43.4. The number of hydrogen-bond acceptors (Lipinski definition) is 7. The summed E-state index contributed by atoms with van der Waals surface area (Å²) in [5.41, 5.74) is 8.11. The number of aliphatic hydroxyl groups excluding tert-OH is 1. The van der Waals surface area contributed by atoms with Crippen LogP contribution in [0.3, 0.4) is 0 Å². The number of carbonyl (C=O) groups is 1. The van der Waals surface area contributed by atoms with Gasteiger partial charge in [-0.1, -0.05) is 149 Å². The molecule has 10 heteroatoms. The zero-order valence-corrected chi connectivity index (χ0v) is 37.4. The van der Waals surface area contributed by atoms with E-state index in [-0.39, 0.29) is 42.6 Å². The second-order valence-electron chi connectivity index (χ2n) is 19.1. The van der Waals surface area contributed by atoms with Gasteiger partial charge in [0.25, 0.3) is 0 Å². The topological polar surface area (TPSA) is 117 Å². The SMILES string of the molecule is Cc1ccc(S(=O)(=O)NC(Cc2ccccc2)C(=O)NCc2ccccc2-c2ccc(C3OC(CN4CC5(C)CC4CC(C)(C)C5)C(C)C(c4ccc(CO)cc4)O3)cc2)cc1. The number of sulfonamides is 1. The summed E-state index contributed by atoms with van der Waals surface area (Å²) >= 11 is 0. The Kier molecular flexibility index (Phi) is 12.9. The Morgan fingerprint density at radius 3 is 2.21 bits per heavy atom. The fraction of sp³-hybridized carbons (Fsp3) is 0.404. The number of hydrogen-bond donors (Lipinski definition) is 3. The van der Waals surface area contributed by atoms with Gasteiger partial charge in [-0.2, -0.15) is 4.72 Å². The molecule has 1 aliphatic carbocycles. The molecule has 5 aromatic rings. The molecule has 7 atom stereocenters. The van der Waals surface area contributed by atoms with Gasteiger partial charge >= 0.3 is 0 Å². The van der Waals surface area contributed by atoms with Crippen molar-refractivity contribution in [2.45, 2.75) is 109 Å². The van der Waals surface area contributed by atoms with Crippen LogP contribution in [0.25, 0.3) is 11.1 Å². The maximum Gasteiger partial charge on any atom is 0.241 e. The number of amides is 1. The van der Waals surface area contributed by atoms with E-state index in [9.17, 15) is 18.3 Å². The number of carbonyl (C=O) groups excluding carboxylic acids is 1. The molecule has 2 bridgehead atoms. The highest BCUT2D eigenvalue weighted by Gasteiger charge is 2.51. The molecule has 1 saturated carbocycles. The van der Waals surface area contributed by atoms with E-state index in [0.29, 0.717) is 16.9 Å². The van der Waals surface area contributed by atoms with Crippen LogP contribution in [0.2, 0.25) is 0 Å². The predicted molar refractivity (Wildman–Crippen MR) is 243 cm³/mol. The molecule has 0 aromatic heterocycles. The van der Waals surface area contributed by atoms with Crippen molar-refractivity contribution in [2.75, 3.05) is 13.1 Å². The molecule has 2 heterocycles. The highest BCUT2D eigenvalue weighted by molar-refractivity contribution is 7.89. The second kappa shape index (κ2) is 18.2. The first-order chi connectivity index (χ1) is 29.7. The minimum Gasteiger partial charge on any atom is -0.392 e. The molecule has 2 saturated heterocycles. The van der Waals surface area contributed by atoms with Crippen LogP contribution in [0, 0.1) is 23.7 Å².